The summed E-state index contributed by atoms with van der Waals surface area (Å²) in [5.74, 6) is 0.0738. The second kappa shape index (κ2) is 6.15. The Morgan fingerprint density at radius 1 is 1.26 bits per heavy atom. The molecule has 1 spiro atoms. The summed E-state index contributed by atoms with van der Waals surface area (Å²) in [5.41, 5.74) is 1.30. The van der Waals surface area contributed by atoms with E-state index in [1.807, 2.05) is 28.8 Å². The van der Waals surface area contributed by atoms with Gasteiger partial charge in [0.15, 0.2) is 5.79 Å². The van der Waals surface area contributed by atoms with E-state index >= 15 is 0 Å². The number of ether oxygens (including phenoxy) is 2. The summed E-state index contributed by atoms with van der Waals surface area (Å²) in [6, 6.07) is 3.85. The highest BCUT2D eigenvalue weighted by molar-refractivity contribution is 7.17. The number of likely N-dealkylation sites (tertiary alicyclic amines) is 1. The number of hydrogen-bond donors (Lipinski definition) is 0. The third-order valence-electron chi connectivity index (χ3n) is 5.44. The van der Waals surface area contributed by atoms with E-state index in [0.717, 1.165) is 10.2 Å². The molecule has 27 heavy (non-hydrogen) atoms. The van der Waals surface area contributed by atoms with Crippen molar-refractivity contribution in [2.75, 3.05) is 26.3 Å². The molecule has 2 aliphatic rings. The van der Waals surface area contributed by atoms with Crippen LogP contribution in [0.15, 0.2) is 22.3 Å². The number of aryl methyl sites for hydroxylation is 1. The van der Waals surface area contributed by atoms with Crippen LogP contribution >= 0.6 is 11.3 Å². The summed E-state index contributed by atoms with van der Waals surface area (Å²) in [6.07, 6.45) is 1.32. The Labute approximate surface area is 158 Å². The first-order valence-electron chi connectivity index (χ1n) is 9.08. The molecular formula is C18H20N4O4S. The predicted octanol–water partition coefficient (Wildman–Crippen LogP) is 1.38. The summed E-state index contributed by atoms with van der Waals surface area (Å²) in [4.78, 5) is 27.3. The van der Waals surface area contributed by atoms with Crippen molar-refractivity contribution >= 4 is 33.0 Å². The molecule has 5 heterocycles. The van der Waals surface area contributed by atoms with Gasteiger partial charge in [-0.2, -0.15) is 5.10 Å². The minimum absolute atomic E-state index is 0.0519. The number of nitrogens with zero attached hydrogens (tertiary/aromatic N) is 4. The van der Waals surface area contributed by atoms with E-state index < -0.39 is 5.79 Å². The van der Waals surface area contributed by atoms with Crippen LogP contribution in [0.4, 0.5) is 0 Å². The number of aromatic nitrogens is 3. The Morgan fingerprint density at radius 3 is 2.74 bits per heavy atom. The first-order valence-corrected chi connectivity index (χ1v) is 9.96. The molecule has 0 aromatic carbocycles. The molecule has 3 aromatic heterocycles. The molecule has 0 N–H and O–H groups in total. The molecule has 0 atom stereocenters. The lowest BCUT2D eigenvalue weighted by atomic mass is 10.0. The number of hydrogen-bond acceptors (Lipinski definition) is 6. The summed E-state index contributed by atoms with van der Waals surface area (Å²) in [5, 5.41) is 6.38. The molecule has 8 nitrogen and oxygen atoms in total. The van der Waals surface area contributed by atoms with Crippen molar-refractivity contribution < 1.29 is 14.3 Å². The first-order chi connectivity index (χ1) is 13.1. The summed E-state index contributed by atoms with van der Waals surface area (Å²) >= 11 is 1.59. The highest BCUT2D eigenvalue weighted by atomic mass is 32.1. The van der Waals surface area contributed by atoms with E-state index in [1.54, 1.807) is 16.2 Å². The fraction of sp³-hybridized carbons (Fsp3) is 0.500. The average Bonchev–Trinajstić information content (AvgIpc) is 3.36. The largest absolute Gasteiger partial charge is 0.347 e. The van der Waals surface area contributed by atoms with Gasteiger partial charge in [-0.15, -0.1) is 11.3 Å². The fourth-order valence-corrected chi connectivity index (χ4v) is 4.85. The van der Waals surface area contributed by atoms with Gasteiger partial charge < -0.3 is 14.4 Å². The molecule has 0 bridgehead atoms. The lowest BCUT2D eigenvalue weighted by Crippen LogP contribution is -2.48. The van der Waals surface area contributed by atoms with Gasteiger partial charge in [0.05, 0.1) is 23.4 Å². The SMILES string of the molecule is Cc1nn(CC(=O)N2CCC3(CC2)OCCO3)c(=O)c2cc3sccc3n12. The molecule has 0 saturated carbocycles. The molecule has 142 valence electrons. The van der Waals surface area contributed by atoms with E-state index in [-0.39, 0.29) is 18.0 Å². The van der Waals surface area contributed by atoms with Crippen LogP contribution in [0.25, 0.3) is 15.7 Å². The lowest BCUT2D eigenvalue weighted by Gasteiger charge is -2.37. The molecule has 5 rings (SSSR count). The maximum atomic E-state index is 12.8. The van der Waals surface area contributed by atoms with Crippen LogP contribution in [-0.2, 0) is 20.8 Å². The molecule has 0 unspecified atom stereocenters. The van der Waals surface area contributed by atoms with Gasteiger partial charge in [-0.25, -0.2) is 4.68 Å². The quantitative estimate of drug-likeness (QED) is 0.663. The zero-order valence-electron chi connectivity index (χ0n) is 15.0. The molecule has 9 heteroatoms. The van der Waals surface area contributed by atoms with Crippen molar-refractivity contribution in [2.45, 2.75) is 32.1 Å². The average molecular weight is 388 g/mol. The van der Waals surface area contributed by atoms with Crippen LogP contribution in [0.1, 0.15) is 18.7 Å². The van der Waals surface area contributed by atoms with Crippen molar-refractivity contribution in [1.82, 2.24) is 19.1 Å². The minimum atomic E-state index is -0.515. The zero-order valence-corrected chi connectivity index (χ0v) is 15.8. The summed E-state index contributed by atoms with van der Waals surface area (Å²) in [7, 11) is 0. The standard InChI is InChI=1S/C18H20N4O4S/c1-12-19-21(17(24)14-10-15-13(22(12)14)2-9-27-15)11-16(23)20-5-3-18(4-6-20)25-7-8-26-18/h2,9-10H,3-8,11H2,1H3. The number of carbonyl (C=O) groups excluding carboxylic acids is 1. The molecule has 2 saturated heterocycles. The van der Waals surface area contributed by atoms with Crippen LogP contribution < -0.4 is 5.56 Å². The minimum Gasteiger partial charge on any atom is -0.347 e. The molecule has 0 aliphatic carbocycles. The number of fused-ring (bicyclic) bond motifs is 3. The Hall–Kier alpha value is -2.23. The third kappa shape index (κ3) is 2.69. The normalized spacial score (nSPS) is 19.5. The van der Waals surface area contributed by atoms with E-state index in [2.05, 4.69) is 5.10 Å². The van der Waals surface area contributed by atoms with Gasteiger partial charge in [-0.3, -0.25) is 14.0 Å². The van der Waals surface area contributed by atoms with Crippen LogP contribution in [0, 0.1) is 6.92 Å². The van der Waals surface area contributed by atoms with Gasteiger partial charge in [-0.05, 0) is 24.4 Å². The van der Waals surface area contributed by atoms with Crippen molar-refractivity contribution in [3.63, 3.8) is 0 Å². The van der Waals surface area contributed by atoms with Crippen LogP contribution in [0.5, 0.6) is 0 Å². The van der Waals surface area contributed by atoms with Crippen LogP contribution in [-0.4, -0.2) is 57.1 Å². The molecule has 1 amide bonds. The van der Waals surface area contributed by atoms with Gasteiger partial charge >= 0.3 is 0 Å². The van der Waals surface area contributed by atoms with Gasteiger partial charge in [0, 0.05) is 25.9 Å². The van der Waals surface area contributed by atoms with Crippen molar-refractivity contribution in [3.05, 3.63) is 33.7 Å². The van der Waals surface area contributed by atoms with Gasteiger partial charge in [-0.1, -0.05) is 0 Å². The van der Waals surface area contributed by atoms with Crippen LogP contribution in [0.3, 0.4) is 0 Å². The van der Waals surface area contributed by atoms with E-state index in [0.29, 0.717) is 50.5 Å². The van der Waals surface area contributed by atoms with Gasteiger partial charge in [0.2, 0.25) is 5.91 Å². The number of thiophene rings is 1. The monoisotopic (exact) mass is 388 g/mol. The summed E-state index contributed by atoms with van der Waals surface area (Å²) in [6.45, 7) is 4.15. The molecular weight excluding hydrogens is 368 g/mol. The van der Waals surface area contributed by atoms with E-state index in [1.165, 1.54) is 4.68 Å². The molecule has 0 radical (unpaired) electrons. The molecule has 3 aromatic rings. The number of piperidine rings is 1. The Morgan fingerprint density at radius 2 is 2.00 bits per heavy atom. The fourth-order valence-electron chi connectivity index (χ4n) is 4.05. The molecule has 2 aliphatic heterocycles. The van der Waals surface area contributed by atoms with Crippen molar-refractivity contribution in [2.24, 2.45) is 0 Å². The van der Waals surface area contributed by atoms with Gasteiger partial charge in [0.1, 0.15) is 17.9 Å². The Kier molecular flexibility index (Phi) is 3.85. The van der Waals surface area contributed by atoms with E-state index in [4.69, 9.17) is 9.47 Å². The predicted molar refractivity (Wildman–Crippen MR) is 100 cm³/mol. The van der Waals surface area contributed by atoms with Crippen molar-refractivity contribution in [3.8, 4) is 0 Å². The second-order valence-electron chi connectivity index (χ2n) is 7.03. The maximum Gasteiger partial charge on any atom is 0.291 e. The second-order valence-corrected chi connectivity index (χ2v) is 7.98. The van der Waals surface area contributed by atoms with Gasteiger partial charge in [0.25, 0.3) is 5.56 Å². The number of carbonyl (C=O) groups is 1. The van der Waals surface area contributed by atoms with Crippen molar-refractivity contribution in [1.29, 1.82) is 0 Å². The number of amides is 1. The summed E-state index contributed by atoms with van der Waals surface area (Å²) < 4.78 is 15.6. The maximum absolute atomic E-state index is 12.8. The first kappa shape index (κ1) is 16.9. The lowest BCUT2D eigenvalue weighted by molar-refractivity contribution is -0.187. The third-order valence-corrected chi connectivity index (χ3v) is 6.30. The topological polar surface area (TPSA) is 78.1 Å². The zero-order chi connectivity index (χ0) is 18.6. The smallest absolute Gasteiger partial charge is 0.291 e. The Balaban J connectivity index is 1.39. The molecule has 2 fully saturated rings. The highest BCUT2D eigenvalue weighted by Gasteiger charge is 2.40. The Bertz CT molecular complexity index is 1080. The number of rotatable bonds is 2. The van der Waals surface area contributed by atoms with Crippen LogP contribution in [0.2, 0.25) is 0 Å². The van der Waals surface area contributed by atoms with E-state index in [9.17, 15) is 9.59 Å². The highest BCUT2D eigenvalue weighted by Crippen LogP contribution is 2.31.